The highest BCUT2D eigenvalue weighted by molar-refractivity contribution is 6.31. The highest BCUT2D eigenvalue weighted by Crippen LogP contribution is 2.28. The van der Waals surface area contributed by atoms with Crippen molar-refractivity contribution in [1.82, 2.24) is 10.2 Å². The first-order valence-electron chi connectivity index (χ1n) is 8.03. The van der Waals surface area contributed by atoms with Crippen LogP contribution in [0.3, 0.4) is 0 Å². The summed E-state index contributed by atoms with van der Waals surface area (Å²) in [6.07, 6.45) is 5.87. The van der Waals surface area contributed by atoms with Gasteiger partial charge in [0.1, 0.15) is 0 Å². The molecule has 4 heteroatoms. The van der Waals surface area contributed by atoms with Gasteiger partial charge in [-0.15, -0.1) is 0 Å². The van der Waals surface area contributed by atoms with Crippen LogP contribution in [0.1, 0.15) is 43.7 Å². The molecule has 1 aromatic carbocycles. The molecule has 1 saturated carbocycles. The molecule has 0 aromatic heterocycles. The summed E-state index contributed by atoms with van der Waals surface area (Å²) in [4.78, 5) is 2.54. The van der Waals surface area contributed by atoms with Crippen molar-refractivity contribution in [2.45, 2.75) is 44.2 Å². The molecule has 1 aliphatic carbocycles. The molecule has 0 saturated heterocycles. The van der Waals surface area contributed by atoms with Crippen LogP contribution >= 0.6 is 11.6 Å². The molecule has 118 valence electrons. The van der Waals surface area contributed by atoms with Gasteiger partial charge in [0.25, 0.3) is 0 Å². The predicted molar refractivity (Wildman–Crippen MR) is 88.8 cm³/mol. The van der Waals surface area contributed by atoms with Crippen molar-refractivity contribution >= 4 is 11.6 Å². The number of nitrogens with zero attached hydrogens (tertiary/aromatic N) is 1. The number of benzene rings is 1. The highest BCUT2D eigenvalue weighted by Gasteiger charge is 2.25. The Kier molecular flexibility index (Phi) is 6.97. The van der Waals surface area contributed by atoms with E-state index in [0.29, 0.717) is 0 Å². The topological polar surface area (TPSA) is 35.5 Å². The third-order valence-electron chi connectivity index (χ3n) is 4.53. The van der Waals surface area contributed by atoms with Crippen LogP contribution in [0.5, 0.6) is 0 Å². The average Bonchev–Trinajstić information content (AvgIpc) is 2.44. The molecule has 0 spiro atoms. The zero-order valence-electron chi connectivity index (χ0n) is 12.9. The van der Waals surface area contributed by atoms with Crippen molar-refractivity contribution in [2.24, 2.45) is 0 Å². The van der Waals surface area contributed by atoms with Gasteiger partial charge in [0.15, 0.2) is 0 Å². The van der Waals surface area contributed by atoms with Gasteiger partial charge in [0, 0.05) is 36.8 Å². The Morgan fingerprint density at radius 3 is 2.67 bits per heavy atom. The van der Waals surface area contributed by atoms with Crippen molar-refractivity contribution in [3.05, 3.63) is 34.9 Å². The molecule has 2 N–H and O–H groups in total. The van der Waals surface area contributed by atoms with Crippen molar-refractivity contribution in [3.8, 4) is 0 Å². The Morgan fingerprint density at radius 1 is 1.33 bits per heavy atom. The molecule has 0 radical (unpaired) electrons. The van der Waals surface area contributed by atoms with Crippen molar-refractivity contribution in [2.75, 3.05) is 26.7 Å². The number of halogens is 1. The standard InChI is InChI=1S/C17H27ClN2O/c1-19-17(15-8-2-3-9-16(15)18)10-12-20(11-5-13-21)14-6-4-7-14/h2-3,8-9,14,17,19,21H,4-7,10-13H2,1H3. The van der Waals surface area contributed by atoms with Crippen LogP contribution in [0.4, 0.5) is 0 Å². The van der Waals surface area contributed by atoms with Gasteiger partial charge in [0.2, 0.25) is 0 Å². The van der Waals surface area contributed by atoms with E-state index in [9.17, 15) is 0 Å². The second-order valence-corrected chi connectivity index (χ2v) is 6.26. The molecule has 0 bridgehead atoms. The predicted octanol–water partition coefficient (Wildman–Crippen LogP) is 3.23. The summed E-state index contributed by atoms with van der Waals surface area (Å²) in [5.74, 6) is 0. The maximum absolute atomic E-state index is 9.07. The largest absolute Gasteiger partial charge is 0.396 e. The fraction of sp³-hybridized carbons (Fsp3) is 0.647. The molecule has 1 aliphatic rings. The Labute approximate surface area is 133 Å². The van der Waals surface area contributed by atoms with Crippen molar-refractivity contribution in [3.63, 3.8) is 0 Å². The zero-order valence-corrected chi connectivity index (χ0v) is 13.6. The lowest BCUT2D eigenvalue weighted by atomic mass is 9.90. The minimum absolute atomic E-state index is 0.281. The third kappa shape index (κ3) is 4.68. The number of hydrogen-bond donors (Lipinski definition) is 2. The molecular weight excluding hydrogens is 284 g/mol. The lowest BCUT2D eigenvalue weighted by molar-refractivity contribution is 0.112. The molecule has 1 aromatic rings. The maximum Gasteiger partial charge on any atom is 0.0453 e. The number of aliphatic hydroxyl groups is 1. The van der Waals surface area contributed by atoms with Gasteiger partial charge in [-0.1, -0.05) is 36.2 Å². The monoisotopic (exact) mass is 310 g/mol. The summed E-state index contributed by atoms with van der Waals surface area (Å²) in [5.41, 5.74) is 1.18. The molecule has 2 rings (SSSR count). The number of rotatable bonds is 9. The van der Waals surface area contributed by atoms with Crippen LogP contribution in [0.25, 0.3) is 0 Å². The molecule has 1 unspecified atom stereocenters. The summed E-state index contributed by atoms with van der Waals surface area (Å²) >= 11 is 6.31. The second-order valence-electron chi connectivity index (χ2n) is 5.85. The Hall–Kier alpha value is -0.610. The number of hydrogen-bond acceptors (Lipinski definition) is 3. The average molecular weight is 311 g/mol. The van der Waals surface area contributed by atoms with Crippen LogP contribution in [0.2, 0.25) is 5.02 Å². The van der Waals surface area contributed by atoms with E-state index in [1.54, 1.807) is 0 Å². The van der Waals surface area contributed by atoms with Crippen molar-refractivity contribution in [1.29, 1.82) is 0 Å². The fourth-order valence-electron chi connectivity index (χ4n) is 3.01. The van der Waals surface area contributed by atoms with Gasteiger partial charge in [-0.3, -0.25) is 0 Å². The van der Waals surface area contributed by atoms with Gasteiger partial charge in [-0.2, -0.15) is 0 Å². The molecule has 1 atom stereocenters. The van der Waals surface area contributed by atoms with Crippen molar-refractivity contribution < 1.29 is 5.11 Å². The van der Waals surface area contributed by atoms with Gasteiger partial charge in [-0.05, 0) is 44.4 Å². The van der Waals surface area contributed by atoms with E-state index in [4.69, 9.17) is 16.7 Å². The fourth-order valence-corrected chi connectivity index (χ4v) is 3.28. The first kappa shape index (κ1) is 16.8. The Balaban J connectivity index is 1.92. The van der Waals surface area contributed by atoms with E-state index in [1.165, 1.54) is 24.8 Å². The summed E-state index contributed by atoms with van der Waals surface area (Å²) < 4.78 is 0. The number of nitrogens with one attached hydrogen (secondary N) is 1. The van der Waals surface area contributed by atoms with Crippen LogP contribution in [-0.2, 0) is 0 Å². The lowest BCUT2D eigenvalue weighted by Crippen LogP contribution is -2.42. The van der Waals surface area contributed by atoms with Crippen LogP contribution < -0.4 is 5.32 Å². The quantitative estimate of drug-likeness (QED) is 0.735. The van der Waals surface area contributed by atoms with Crippen LogP contribution in [0.15, 0.2) is 24.3 Å². The summed E-state index contributed by atoms with van der Waals surface area (Å²) in [7, 11) is 2.00. The van der Waals surface area contributed by atoms with E-state index >= 15 is 0 Å². The van der Waals surface area contributed by atoms with Crippen LogP contribution in [-0.4, -0.2) is 42.8 Å². The number of aliphatic hydroxyl groups excluding tert-OH is 1. The van der Waals surface area contributed by atoms with Gasteiger partial charge in [-0.25, -0.2) is 0 Å². The molecule has 0 aliphatic heterocycles. The van der Waals surface area contributed by atoms with Crippen LogP contribution in [0, 0.1) is 0 Å². The van der Waals surface area contributed by atoms with Gasteiger partial charge < -0.3 is 15.3 Å². The normalized spacial score (nSPS) is 17.0. The zero-order chi connectivity index (χ0) is 15.1. The maximum atomic E-state index is 9.07. The second kappa shape index (κ2) is 8.74. The molecular formula is C17H27ClN2O. The lowest BCUT2D eigenvalue weighted by Gasteiger charge is -2.38. The van der Waals surface area contributed by atoms with E-state index < -0.39 is 0 Å². The smallest absolute Gasteiger partial charge is 0.0453 e. The molecule has 21 heavy (non-hydrogen) atoms. The highest BCUT2D eigenvalue weighted by atomic mass is 35.5. The van der Waals surface area contributed by atoms with Gasteiger partial charge >= 0.3 is 0 Å². The van der Waals surface area contributed by atoms with E-state index in [-0.39, 0.29) is 12.6 Å². The molecule has 3 nitrogen and oxygen atoms in total. The minimum Gasteiger partial charge on any atom is -0.396 e. The molecule has 0 heterocycles. The first-order chi connectivity index (χ1) is 10.3. The molecule has 1 fully saturated rings. The third-order valence-corrected chi connectivity index (χ3v) is 4.87. The first-order valence-corrected chi connectivity index (χ1v) is 8.40. The SMILES string of the molecule is CNC(CCN(CCCO)C1CCC1)c1ccccc1Cl. The molecule has 0 amide bonds. The Morgan fingerprint density at radius 2 is 2.10 bits per heavy atom. The van der Waals surface area contributed by atoms with E-state index in [2.05, 4.69) is 16.3 Å². The van der Waals surface area contributed by atoms with Gasteiger partial charge in [0.05, 0.1) is 0 Å². The summed E-state index contributed by atoms with van der Waals surface area (Å²) in [6.45, 7) is 2.34. The minimum atomic E-state index is 0.281. The van der Waals surface area contributed by atoms with E-state index in [1.807, 2.05) is 25.2 Å². The van der Waals surface area contributed by atoms with E-state index in [0.717, 1.165) is 37.0 Å². The Bertz CT molecular complexity index is 423. The summed E-state index contributed by atoms with van der Waals surface area (Å²) in [6, 6.07) is 9.08. The summed E-state index contributed by atoms with van der Waals surface area (Å²) in [5, 5.41) is 13.3.